The lowest BCUT2D eigenvalue weighted by atomic mass is 10.2. The summed E-state index contributed by atoms with van der Waals surface area (Å²) in [5.41, 5.74) is 2.77. The molecular weight excluding hydrogens is 300 g/mol. The number of benzene rings is 1. The monoisotopic (exact) mass is 322 g/mol. The van der Waals surface area contributed by atoms with Gasteiger partial charge < -0.3 is 14.2 Å². The summed E-state index contributed by atoms with van der Waals surface area (Å²) in [6.45, 7) is 6.15. The molecule has 126 valence electrons. The summed E-state index contributed by atoms with van der Waals surface area (Å²) in [4.78, 5) is 23.3. The highest BCUT2D eigenvalue weighted by molar-refractivity contribution is 5.75. The predicted octanol–water partition coefficient (Wildman–Crippen LogP) is 2.46. The molecule has 0 radical (unpaired) electrons. The third kappa shape index (κ3) is 5.78. The normalized spacial score (nSPS) is 17.8. The molecule has 0 aliphatic carbocycles. The number of hydrazine groups is 1. The van der Waals surface area contributed by atoms with Crippen LogP contribution in [0.15, 0.2) is 30.3 Å². The van der Waals surface area contributed by atoms with E-state index in [1.165, 1.54) is 0 Å². The number of rotatable bonds is 5. The van der Waals surface area contributed by atoms with Gasteiger partial charge in [-0.2, -0.15) is 0 Å². The molecule has 1 aliphatic rings. The summed E-state index contributed by atoms with van der Waals surface area (Å²) in [5.74, 6) is 0. The number of nitrogens with one attached hydrogen (secondary N) is 1. The van der Waals surface area contributed by atoms with Crippen molar-refractivity contribution < 1.29 is 23.8 Å². The van der Waals surface area contributed by atoms with Gasteiger partial charge in [0.2, 0.25) is 0 Å². The molecular formula is C16H22N2O5. The van der Waals surface area contributed by atoms with Gasteiger partial charge in [0.1, 0.15) is 11.7 Å². The average molecular weight is 322 g/mol. The van der Waals surface area contributed by atoms with Crippen molar-refractivity contribution in [1.82, 2.24) is 10.4 Å². The van der Waals surface area contributed by atoms with Gasteiger partial charge in [0.05, 0.1) is 19.8 Å². The minimum Gasteiger partial charge on any atom is -0.443 e. The van der Waals surface area contributed by atoms with E-state index in [0.29, 0.717) is 6.61 Å². The summed E-state index contributed by atoms with van der Waals surface area (Å²) in [5, 5.41) is 1.09. The number of cyclic esters (lactones) is 1. The molecule has 0 aromatic heterocycles. The van der Waals surface area contributed by atoms with E-state index in [2.05, 4.69) is 5.43 Å². The van der Waals surface area contributed by atoms with Gasteiger partial charge in [-0.15, -0.1) is 0 Å². The van der Waals surface area contributed by atoms with Crippen LogP contribution in [0.3, 0.4) is 0 Å². The van der Waals surface area contributed by atoms with Crippen LogP contribution in [0.5, 0.6) is 0 Å². The quantitative estimate of drug-likeness (QED) is 0.901. The second-order valence-electron chi connectivity index (χ2n) is 6.23. The van der Waals surface area contributed by atoms with E-state index in [0.717, 1.165) is 10.6 Å². The molecule has 23 heavy (non-hydrogen) atoms. The van der Waals surface area contributed by atoms with Crippen molar-refractivity contribution in [3.8, 4) is 0 Å². The molecule has 1 N–H and O–H groups in total. The molecule has 1 heterocycles. The van der Waals surface area contributed by atoms with Crippen molar-refractivity contribution >= 4 is 12.2 Å². The van der Waals surface area contributed by atoms with Gasteiger partial charge in [0.25, 0.3) is 0 Å². The molecule has 1 saturated heterocycles. The van der Waals surface area contributed by atoms with Crippen molar-refractivity contribution in [3.05, 3.63) is 35.9 Å². The Hall–Kier alpha value is -2.28. The minimum atomic E-state index is -0.694. The first kappa shape index (κ1) is 17.1. The average Bonchev–Trinajstić information content (AvgIpc) is 2.78. The molecule has 1 fully saturated rings. The van der Waals surface area contributed by atoms with Crippen LogP contribution >= 0.6 is 0 Å². The van der Waals surface area contributed by atoms with Gasteiger partial charge in [-0.3, -0.25) is 0 Å². The zero-order valence-corrected chi connectivity index (χ0v) is 13.6. The Morgan fingerprint density at radius 3 is 2.70 bits per heavy atom. The Kier molecular flexibility index (Phi) is 5.44. The molecule has 1 atom stereocenters. The van der Waals surface area contributed by atoms with Crippen LogP contribution in [0.1, 0.15) is 26.3 Å². The molecule has 7 nitrogen and oxygen atoms in total. The van der Waals surface area contributed by atoms with E-state index in [-0.39, 0.29) is 13.2 Å². The van der Waals surface area contributed by atoms with Gasteiger partial charge in [0.15, 0.2) is 0 Å². The molecule has 0 saturated carbocycles. The highest BCUT2D eigenvalue weighted by Crippen LogP contribution is 2.12. The van der Waals surface area contributed by atoms with E-state index in [9.17, 15) is 9.59 Å². The van der Waals surface area contributed by atoms with Crippen LogP contribution < -0.4 is 5.43 Å². The van der Waals surface area contributed by atoms with Crippen molar-refractivity contribution in [2.45, 2.75) is 39.1 Å². The fourth-order valence-electron chi connectivity index (χ4n) is 1.99. The topological polar surface area (TPSA) is 77.1 Å². The van der Waals surface area contributed by atoms with Crippen molar-refractivity contribution in [3.63, 3.8) is 0 Å². The predicted molar refractivity (Wildman–Crippen MR) is 82.4 cm³/mol. The summed E-state index contributed by atoms with van der Waals surface area (Å²) in [7, 11) is 0. The maximum absolute atomic E-state index is 11.7. The van der Waals surface area contributed by atoms with Crippen LogP contribution in [0.25, 0.3) is 0 Å². The SMILES string of the molecule is CC(C)(C)OC(=O)NN1CC(COCc2ccccc2)OC1=O. The number of carbonyl (C=O) groups excluding carboxylic acids is 2. The highest BCUT2D eigenvalue weighted by atomic mass is 16.6. The first-order valence-corrected chi connectivity index (χ1v) is 7.43. The lowest BCUT2D eigenvalue weighted by molar-refractivity contribution is 0.0380. The van der Waals surface area contributed by atoms with Crippen LogP contribution in [0.4, 0.5) is 9.59 Å². The standard InChI is InChI=1S/C16H22N2O5/c1-16(2,3)23-14(19)17-18-9-13(22-15(18)20)11-21-10-12-7-5-4-6-8-12/h4-8,13H,9-11H2,1-3H3,(H,17,19). The van der Waals surface area contributed by atoms with E-state index in [4.69, 9.17) is 14.2 Å². The maximum atomic E-state index is 11.7. The van der Waals surface area contributed by atoms with Gasteiger partial charge in [-0.1, -0.05) is 30.3 Å². The number of carbonyl (C=O) groups is 2. The maximum Gasteiger partial charge on any atom is 0.429 e. The lowest BCUT2D eigenvalue weighted by Crippen LogP contribution is -2.45. The van der Waals surface area contributed by atoms with Crippen molar-refractivity contribution in [2.75, 3.05) is 13.2 Å². The molecule has 2 rings (SSSR count). The smallest absolute Gasteiger partial charge is 0.429 e. The first-order valence-electron chi connectivity index (χ1n) is 7.43. The van der Waals surface area contributed by atoms with Crippen LogP contribution in [-0.2, 0) is 20.8 Å². The van der Waals surface area contributed by atoms with E-state index < -0.39 is 23.9 Å². The van der Waals surface area contributed by atoms with E-state index in [1.54, 1.807) is 20.8 Å². The van der Waals surface area contributed by atoms with Crippen LogP contribution in [-0.4, -0.2) is 42.1 Å². The Balaban J connectivity index is 1.73. The Morgan fingerprint density at radius 2 is 2.04 bits per heavy atom. The van der Waals surface area contributed by atoms with Gasteiger partial charge in [0, 0.05) is 0 Å². The van der Waals surface area contributed by atoms with Crippen LogP contribution in [0.2, 0.25) is 0 Å². The zero-order valence-electron chi connectivity index (χ0n) is 13.6. The Labute approximate surface area is 135 Å². The summed E-state index contributed by atoms with van der Waals surface area (Å²) in [6.07, 6.45) is -1.74. The van der Waals surface area contributed by atoms with Gasteiger partial charge in [-0.05, 0) is 26.3 Å². The fourth-order valence-corrected chi connectivity index (χ4v) is 1.99. The third-order valence-electron chi connectivity index (χ3n) is 2.91. The molecule has 1 aliphatic heterocycles. The largest absolute Gasteiger partial charge is 0.443 e. The number of hydrogen-bond acceptors (Lipinski definition) is 5. The summed E-state index contributed by atoms with van der Waals surface area (Å²) < 4.78 is 15.8. The molecule has 1 unspecified atom stereocenters. The Bertz CT molecular complexity index is 541. The number of nitrogens with zero attached hydrogens (tertiary/aromatic N) is 1. The summed E-state index contributed by atoms with van der Waals surface area (Å²) >= 11 is 0. The molecule has 0 spiro atoms. The van der Waals surface area contributed by atoms with Gasteiger partial charge in [-0.25, -0.2) is 20.0 Å². The molecule has 2 amide bonds. The van der Waals surface area contributed by atoms with Crippen molar-refractivity contribution in [2.24, 2.45) is 0 Å². The van der Waals surface area contributed by atoms with E-state index >= 15 is 0 Å². The zero-order chi connectivity index (χ0) is 16.9. The Morgan fingerprint density at radius 1 is 1.35 bits per heavy atom. The lowest BCUT2D eigenvalue weighted by Gasteiger charge is -2.22. The highest BCUT2D eigenvalue weighted by Gasteiger charge is 2.33. The van der Waals surface area contributed by atoms with Gasteiger partial charge >= 0.3 is 12.2 Å². The fraction of sp³-hybridized carbons (Fsp3) is 0.500. The number of ether oxygens (including phenoxy) is 3. The van der Waals surface area contributed by atoms with Crippen LogP contribution in [0, 0.1) is 0 Å². The second-order valence-corrected chi connectivity index (χ2v) is 6.23. The van der Waals surface area contributed by atoms with E-state index in [1.807, 2.05) is 30.3 Å². The minimum absolute atomic E-state index is 0.215. The molecule has 1 aromatic rings. The van der Waals surface area contributed by atoms with Crippen molar-refractivity contribution in [1.29, 1.82) is 0 Å². The molecule has 0 bridgehead atoms. The number of amides is 2. The second kappa shape index (κ2) is 7.32. The number of hydrogen-bond donors (Lipinski definition) is 1. The first-order chi connectivity index (χ1) is 10.8. The summed E-state index contributed by atoms with van der Waals surface area (Å²) in [6, 6.07) is 9.71. The molecule has 7 heteroatoms. The molecule has 1 aromatic carbocycles. The third-order valence-corrected chi connectivity index (χ3v) is 2.91.